The van der Waals surface area contributed by atoms with Crippen LogP contribution in [0.15, 0.2) is 0 Å². The zero-order chi connectivity index (χ0) is 13.8. The van der Waals surface area contributed by atoms with Gasteiger partial charge in [0, 0.05) is 18.4 Å². The van der Waals surface area contributed by atoms with Gasteiger partial charge in [-0.15, -0.1) is 0 Å². The molecule has 0 bridgehead atoms. The maximum Gasteiger partial charge on any atom is 0.148 e. The molecular formula is C10H19N5O2S. The first-order chi connectivity index (χ1) is 8.33. The van der Waals surface area contributed by atoms with Crippen LogP contribution in [0.2, 0.25) is 0 Å². The van der Waals surface area contributed by atoms with E-state index in [4.69, 9.17) is 5.84 Å². The van der Waals surface area contributed by atoms with Gasteiger partial charge in [-0.25, -0.2) is 24.2 Å². The maximum absolute atomic E-state index is 11.0. The molecule has 0 aromatic carbocycles. The summed E-state index contributed by atoms with van der Waals surface area (Å²) in [7, 11) is -2.91. The number of sulfone groups is 1. The molecule has 8 heteroatoms. The zero-order valence-electron chi connectivity index (χ0n) is 10.8. The third-order valence-corrected chi connectivity index (χ3v) is 3.41. The van der Waals surface area contributed by atoms with Crippen LogP contribution >= 0.6 is 0 Å². The summed E-state index contributed by atoms with van der Waals surface area (Å²) in [6.45, 7) is 4.14. The van der Waals surface area contributed by atoms with Crippen LogP contribution in [-0.4, -0.2) is 36.9 Å². The zero-order valence-corrected chi connectivity index (χ0v) is 11.6. The number of hydrogen-bond acceptors (Lipinski definition) is 7. The number of nitrogens with zero attached hydrogens (tertiary/aromatic N) is 2. The van der Waals surface area contributed by atoms with Gasteiger partial charge >= 0.3 is 0 Å². The monoisotopic (exact) mass is 273 g/mol. The van der Waals surface area contributed by atoms with Crippen molar-refractivity contribution in [2.45, 2.75) is 20.3 Å². The Morgan fingerprint density at radius 1 is 1.22 bits per heavy atom. The van der Waals surface area contributed by atoms with Crippen molar-refractivity contribution in [3.8, 4) is 0 Å². The quantitative estimate of drug-likeness (QED) is 0.386. The Bertz CT molecular complexity index is 515. The van der Waals surface area contributed by atoms with E-state index in [9.17, 15) is 8.42 Å². The highest BCUT2D eigenvalue weighted by Gasteiger charge is 2.08. The van der Waals surface area contributed by atoms with E-state index in [2.05, 4.69) is 20.7 Å². The number of hydrazine groups is 1. The molecule has 1 aromatic rings. The van der Waals surface area contributed by atoms with E-state index < -0.39 is 9.84 Å². The molecule has 0 aliphatic carbocycles. The van der Waals surface area contributed by atoms with Gasteiger partial charge in [0.15, 0.2) is 0 Å². The molecule has 0 saturated carbocycles. The molecule has 0 amide bonds. The van der Waals surface area contributed by atoms with Gasteiger partial charge in [-0.3, -0.25) is 0 Å². The minimum Gasteiger partial charge on any atom is -0.370 e. The van der Waals surface area contributed by atoms with Crippen molar-refractivity contribution < 1.29 is 8.42 Å². The summed E-state index contributed by atoms with van der Waals surface area (Å²) in [6.07, 6.45) is 1.76. The van der Waals surface area contributed by atoms with Crippen LogP contribution in [0.3, 0.4) is 0 Å². The number of nitrogens with one attached hydrogen (secondary N) is 2. The summed E-state index contributed by atoms with van der Waals surface area (Å²) in [6, 6.07) is 0. The van der Waals surface area contributed by atoms with E-state index in [-0.39, 0.29) is 5.75 Å². The van der Waals surface area contributed by atoms with Crippen LogP contribution in [0.1, 0.15) is 17.8 Å². The normalized spacial score (nSPS) is 11.3. The largest absolute Gasteiger partial charge is 0.370 e. The highest BCUT2D eigenvalue weighted by molar-refractivity contribution is 7.90. The third-order valence-electron chi connectivity index (χ3n) is 2.38. The lowest BCUT2D eigenvalue weighted by molar-refractivity contribution is 0.600. The number of hydrogen-bond donors (Lipinski definition) is 3. The topological polar surface area (TPSA) is 110 Å². The molecule has 0 fully saturated rings. The second-order valence-corrected chi connectivity index (χ2v) is 6.41. The molecule has 0 spiro atoms. The van der Waals surface area contributed by atoms with Crippen molar-refractivity contribution in [1.82, 2.24) is 9.97 Å². The fourth-order valence-corrected chi connectivity index (χ4v) is 2.15. The van der Waals surface area contributed by atoms with Crippen molar-refractivity contribution in [3.05, 3.63) is 11.4 Å². The predicted octanol–water partition coefficient (Wildman–Crippen LogP) is 0.226. The molecule has 0 aliphatic heterocycles. The summed E-state index contributed by atoms with van der Waals surface area (Å²) < 4.78 is 22.0. The summed E-state index contributed by atoms with van der Waals surface area (Å²) in [5.41, 5.74) is 3.31. The summed E-state index contributed by atoms with van der Waals surface area (Å²) in [5, 5.41) is 3.09. The molecule has 0 atom stereocenters. The fourth-order valence-electron chi connectivity index (χ4n) is 1.48. The van der Waals surface area contributed by atoms with Gasteiger partial charge in [0.1, 0.15) is 27.3 Å². The van der Waals surface area contributed by atoms with Gasteiger partial charge in [0.25, 0.3) is 0 Å². The van der Waals surface area contributed by atoms with Gasteiger partial charge in [-0.2, -0.15) is 0 Å². The fraction of sp³-hybridized carbons (Fsp3) is 0.600. The first-order valence-corrected chi connectivity index (χ1v) is 7.63. The van der Waals surface area contributed by atoms with E-state index in [0.29, 0.717) is 30.4 Å². The lowest BCUT2D eigenvalue weighted by Crippen LogP contribution is -2.15. The Labute approximate surface area is 107 Å². The minimum atomic E-state index is -2.91. The Morgan fingerprint density at radius 2 is 1.83 bits per heavy atom. The van der Waals surface area contributed by atoms with Crippen LogP contribution in [-0.2, 0) is 9.84 Å². The van der Waals surface area contributed by atoms with E-state index >= 15 is 0 Å². The lowest BCUT2D eigenvalue weighted by Gasteiger charge is -2.12. The first-order valence-electron chi connectivity index (χ1n) is 5.57. The Hall–Kier alpha value is -1.41. The summed E-state index contributed by atoms with van der Waals surface area (Å²) in [5.74, 6) is 7.34. The highest BCUT2D eigenvalue weighted by atomic mass is 32.2. The van der Waals surface area contributed by atoms with Crippen LogP contribution in [0.25, 0.3) is 0 Å². The lowest BCUT2D eigenvalue weighted by atomic mass is 10.3. The maximum atomic E-state index is 11.0. The average Bonchev–Trinajstić information content (AvgIpc) is 2.27. The smallest absolute Gasteiger partial charge is 0.148 e. The van der Waals surface area contributed by atoms with E-state index in [0.717, 1.165) is 5.56 Å². The van der Waals surface area contributed by atoms with Gasteiger partial charge in [0.05, 0.1) is 5.75 Å². The second-order valence-electron chi connectivity index (χ2n) is 4.15. The molecule has 1 rings (SSSR count). The molecule has 0 unspecified atom stereocenters. The molecule has 18 heavy (non-hydrogen) atoms. The van der Waals surface area contributed by atoms with Gasteiger partial charge in [0.2, 0.25) is 0 Å². The Kier molecular flexibility index (Phi) is 4.85. The first kappa shape index (κ1) is 14.7. The van der Waals surface area contributed by atoms with Crippen LogP contribution in [0, 0.1) is 13.8 Å². The standard InChI is InChI=1S/C10H19N5O2S/c1-7-9(12-5-4-6-18(3,16)17)13-8(2)14-10(7)15-11/h4-6,11H2,1-3H3,(H2,12,13,14,15). The van der Waals surface area contributed by atoms with Crippen molar-refractivity contribution in [1.29, 1.82) is 0 Å². The molecule has 0 aliphatic rings. The molecule has 0 saturated heterocycles. The molecule has 1 heterocycles. The average molecular weight is 273 g/mol. The van der Waals surface area contributed by atoms with Crippen LogP contribution < -0.4 is 16.6 Å². The van der Waals surface area contributed by atoms with Gasteiger partial charge in [-0.1, -0.05) is 0 Å². The molecule has 7 nitrogen and oxygen atoms in total. The van der Waals surface area contributed by atoms with Crippen molar-refractivity contribution in [2.24, 2.45) is 5.84 Å². The molecule has 4 N–H and O–H groups in total. The predicted molar refractivity (Wildman–Crippen MR) is 72.1 cm³/mol. The highest BCUT2D eigenvalue weighted by Crippen LogP contribution is 2.18. The van der Waals surface area contributed by atoms with Gasteiger partial charge < -0.3 is 10.7 Å². The number of aromatic nitrogens is 2. The number of aryl methyl sites for hydroxylation is 1. The molecule has 102 valence electrons. The van der Waals surface area contributed by atoms with Crippen molar-refractivity contribution in [2.75, 3.05) is 29.3 Å². The molecule has 0 radical (unpaired) electrons. The Balaban J connectivity index is 2.65. The summed E-state index contributed by atoms with van der Waals surface area (Å²) >= 11 is 0. The minimum absolute atomic E-state index is 0.158. The molecule has 1 aromatic heterocycles. The number of nitrogens with two attached hydrogens (primary N) is 1. The summed E-state index contributed by atoms with van der Waals surface area (Å²) in [4.78, 5) is 8.38. The van der Waals surface area contributed by atoms with Gasteiger partial charge in [-0.05, 0) is 20.3 Å². The van der Waals surface area contributed by atoms with Crippen molar-refractivity contribution >= 4 is 21.5 Å². The third kappa shape index (κ3) is 4.46. The molecular weight excluding hydrogens is 254 g/mol. The van der Waals surface area contributed by atoms with E-state index in [1.807, 2.05) is 6.92 Å². The second kappa shape index (κ2) is 5.96. The van der Waals surface area contributed by atoms with Crippen LogP contribution in [0.4, 0.5) is 11.6 Å². The SMILES string of the molecule is Cc1nc(NN)c(C)c(NCCCS(C)(=O)=O)n1. The van der Waals surface area contributed by atoms with E-state index in [1.165, 1.54) is 6.26 Å². The van der Waals surface area contributed by atoms with E-state index in [1.54, 1.807) is 6.92 Å². The van der Waals surface area contributed by atoms with Crippen LogP contribution in [0.5, 0.6) is 0 Å². The van der Waals surface area contributed by atoms with Crippen molar-refractivity contribution in [3.63, 3.8) is 0 Å². The Morgan fingerprint density at radius 3 is 2.39 bits per heavy atom. The number of anilines is 2. The number of nitrogen functional groups attached to an aromatic ring is 1. The number of rotatable bonds is 6.